The van der Waals surface area contributed by atoms with E-state index in [-0.39, 0.29) is 24.8 Å². The highest BCUT2D eigenvalue weighted by Crippen LogP contribution is 2.59. The molecule has 30 heavy (non-hydrogen) atoms. The van der Waals surface area contributed by atoms with Crippen LogP contribution in [0.1, 0.15) is 58.6 Å². The largest absolute Gasteiger partial charge is 0.388 e. The van der Waals surface area contributed by atoms with Gasteiger partial charge < -0.3 is 34.0 Å². The lowest BCUT2D eigenvalue weighted by Gasteiger charge is -2.37. The quantitative estimate of drug-likeness (QED) is 0.345. The number of rotatable bonds is 8. The molecular weight excluding hydrogens is 419 g/mol. The zero-order valence-corrected chi connectivity index (χ0v) is 18.6. The molecular formula is C18H31N2O9P. The summed E-state index contributed by atoms with van der Waals surface area (Å²) in [4.78, 5) is 36.1. The monoisotopic (exact) mass is 450 g/mol. The Bertz CT molecular complexity index is 927. The van der Waals surface area contributed by atoms with Gasteiger partial charge >= 0.3 is 13.3 Å². The van der Waals surface area contributed by atoms with Crippen molar-refractivity contribution >= 4 is 7.60 Å². The van der Waals surface area contributed by atoms with E-state index >= 15 is 0 Å². The molecule has 1 aliphatic heterocycles. The maximum Gasteiger partial charge on any atom is 0.359 e. The van der Waals surface area contributed by atoms with Crippen LogP contribution in [0.2, 0.25) is 0 Å². The molecule has 0 spiro atoms. The van der Waals surface area contributed by atoms with Gasteiger partial charge in [0.05, 0.1) is 17.3 Å². The van der Waals surface area contributed by atoms with Gasteiger partial charge in [0.1, 0.15) is 18.3 Å². The van der Waals surface area contributed by atoms with Crippen molar-refractivity contribution in [2.75, 3.05) is 0 Å². The second kappa shape index (κ2) is 8.66. The first-order valence-corrected chi connectivity index (χ1v) is 11.3. The molecule has 0 amide bonds. The smallest absolute Gasteiger partial charge is 0.359 e. The van der Waals surface area contributed by atoms with Gasteiger partial charge in [0.15, 0.2) is 5.34 Å². The number of hydrogen-bond acceptors (Lipinski definition) is 8. The van der Waals surface area contributed by atoms with Gasteiger partial charge in [0.2, 0.25) is 0 Å². The van der Waals surface area contributed by atoms with Gasteiger partial charge in [-0.15, -0.1) is 0 Å². The third kappa shape index (κ3) is 4.77. The van der Waals surface area contributed by atoms with Gasteiger partial charge in [0, 0.05) is 19.7 Å². The maximum atomic E-state index is 12.6. The molecule has 0 aromatic carbocycles. The number of nitrogens with zero attached hydrogens (tertiary/aromatic N) is 1. The lowest BCUT2D eigenvalue weighted by atomic mass is 9.92. The fourth-order valence-electron chi connectivity index (χ4n) is 3.23. The first kappa shape index (κ1) is 24.9. The lowest BCUT2D eigenvalue weighted by Crippen LogP contribution is -2.40. The molecule has 1 aromatic rings. The molecule has 11 nitrogen and oxygen atoms in total. The van der Waals surface area contributed by atoms with Crippen LogP contribution in [0.3, 0.4) is 0 Å². The third-order valence-corrected chi connectivity index (χ3v) is 8.03. The van der Waals surface area contributed by atoms with Crippen LogP contribution in [0.4, 0.5) is 0 Å². The van der Waals surface area contributed by atoms with Gasteiger partial charge in [-0.2, -0.15) is 0 Å². The Morgan fingerprint density at radius 2 is 1.83 bits per heavy atom. The van der Waals surface area contributed by atoms with Crippen LogP contribution in [-0.2, 0) is 20.9 Å². The fraction of sp³-hybridized carbons (Fsp3) is 0.778. The first-order valence-electron chi connectivity index (χ1n) is 9.75. The van der Waals surface area contributed by atoms with E-state index in [1.54, 1.807) is 13.8 Å². The molecule has 0 radical (unpaired) electrons. The van der Waals surface area contributed by atoms with E-state index in [4.69, 9.17) is 9.26 Å². The molecule has 5 N–H and O–H groups in total. The molecule has 12 heteroatoms. The van der Waals surface area contributed by atoms with E-state index in [1.165, 1.54) is 27.1 Å². The number of aliphatic hydroxyl groups is 3. The second-order valence-corrected chi connectivity index (χ2v) is 10.4. The number of hydrogen-bond donors (Lipinski definition) is 5. The summed E-state index contributed by atoms with van der Waals surface area (Å²) in [5, 5.41) is 29.2. The van der Waals surface area contributed by atoms with Crippen LogP contribution in [0.5, 0.6) is 0 Å². The average molecular weight is 450 g/mol. The fourth-order valence-corrected chi connectivity index (χ4v) is 4.63. The number of H-pyrrole nitrogens is 1. The summed E-state index contributed by atoms with van der Waals surface area (Å²) in [6, 6.07) is 0. The molecule has 1 aliphatic rings. The van der Waals surface area contributed by atoms with Crippen LogP contribution in [-0.4, -0.2) is 59.0 Å². The molecule has 172 valence electrons. The minimum Gasteiger partial charge on any atom is -0.388 e. The minimum absolute atomic E-state index is 0.0145. The second-order valence-electron chi connectivity index (χ2n) is 8.22. The summed E-state index contributed by atoms with van der Waals surface area (Å²) >= 11 is 0. The van der Waals surface area contributed by atoms with Crippen molar-refractivity contribution in [2.45, 2.75) is 82.3 Å². The third-order valence-electron chi connectivity index (χ3n) is 5.81. The van der Waals surface area contributed by atoms with Gasteiger partial charge in [-0.25, -0.2) is 4.79 Å². The van der Waals surface area contributed by atoms with Crippen LogP contribution >= 0.6 is 7.60 Å². The van der Waals surface area contributed by atoms with Gasteiger partial charge in [-0.05, 0) is 26.7 Å². The van der Waals surface area contributed by atoms with Crippen molar-refractivity contribution in [3.63, 3.8) is 0 Å². The summed E-state index contributed by atoms with van der Waals surface area (Å²) < 4.78 is 24.9. The molecule has 0 aliphatic carbocycles. The Morgan fingerprint density at radius 3 is 2.37 bits per heavy atom. The highest BCUT2D eigenvalue weighted by molar-refractivity contribution is 7.54. The summed E-state index contributed by atoms with van der Waals surface area (Å²) in [7, 11) is -3.04. The van der Waals surface area contributed by atoms with Crippen molar-refractivity contribution in [2.24, 2.45) is 7.05 Å². The summed E-state index contributed by atoms with van der Waals surface area (Å²) in [6.45, 7) is 5.99. The zero-order chi connectivity index (χ0) is 23.1. The number of aliphatic hydroxyl groups excluding tert-OH is 2. The lowest BCUT2D eigenvalue weighted by molar-refractivity contribution is -0.0533. The van der Waals surface area contributed by atoms with Crippen molar-refractivity contribution in [3.05, 3.63) is 32.6 Å². The van der Waals surface area contributed by atoms with E-state index in [0.29, 0.717) is 0 Å². The predicted molar refractivity (Wildman–Crippen MR) is 107 cm³/mol. The van der Waals surface area contributed by atoms with Crippen molar-refractivity contribution in [1.82, 2.24) is 9.55 Å². The van der Waals surface area contributed by atoms with Crippen LogP contribution in [0, 0.1) is 0 Å². The van der Waals surface area contributed by atoms with Gasteiger partial charge in [-0.1, -0.05) is 13.8 Å². The Morgan fingerprint density at radius 1 is 1.23 bits per heavy atom. The molecule has 2 unspecified atom stereocenters. The SMILES string of the molecule is CCC(C)(C[C@H]1O[C@@H](c2cn(C)c(=O)[nH]c2=O)[C@H](O)[C@@H]1O)OP(=O)(O)[C@@](C)(O)CC. The zero-order valence-electron chi connectivity index (χ0n) is 17.7. The van der Waals surface area contributed by atoms with E-state index in [2.05, 4.69) is 4.98 Å². The number of aryl methyl sites for hydroxylation is 1. The molecule has 2 heterocycles. The Balaban J connectivity index is 2.28. The number of nitrogens with one attached hydrogen (secondary N) is 1. The van der Waals surface area contributed by atoms with Crippen LogP contribution < -0.4 is 11.2 Å². The summed E-state index contributed by atoms with van der Waals surface area (Å²) in [5.41, 5.74) is -2.70. The van der Waals surface area contributed by atoms with Gasteiger partial charge in [-0.3, -0.25) is 14.3 Å². The Labute approximate surface area is 173 Å². The van der Waals surface area contributed by atoms with Crippen molar-refractivity contribution in [3.8, 4) is 0 Å². The number of aromatic nitrogens is 2. The molecule has 2 rings (SSSR count). The molecule has 1 saturated heterocycles. The Kier molecular flexibility index (Phi) is 7.20. The van der Waals surface area contributed by atoms with Crippen LogP contribution in [0.25, 0.3) is 0 Å². The summed E-state index contributed by atoms with van der Waals surface area (Å²) in [5.74, 6) is 0. The molecule has 1 fully saturated rings. The van der Waals surface area contributed by atoms with E-state index in [9.17, 15) is 34.4 Å². The van der Waals surface area contributed by atoms with Crippen LogP contribution in [0.15, 0.2) is 15.8 Å². The molecule has 0 bridgehead atoms. The minimum atomic E-state index is -4.46. The summed E-state index contributed by atoms with van der Waals surface area (Å²) in [6.07, 6.45) is -3.75. The average Bonchev–Trinajstić information content (AvgIpc) is 2.92. The topological polar surface area (TPSA) is 171 Å². The number of ether oxygens (including phenoxy) is 1. The van der Waals surface area contributed by atoms with Crippen molar-refractivity contribution in [1.29, 1.82) is 0 Å². The maximum absolute atomic E-state index is 12.6. The van der Waals surface area contributed by atoms with Crippen molar-refractivity contribution < 1.29 is 34.0 Å². The van der Waals surface area contributed by atoms with E-state index in [1.807, 2.05) is 0 Å². The first-order chi connectivity index (χ1) is 13.7. The molecule has 0 saturated carbocycles. The molecule has 1 aromatic heterocycles. The van der Waals surface area contributed by atoms with Gasteiger partial charge in [0.25, 0.3) is 5.56 Å². The normalized spacial score (nSPS) is 30.4. The standard InChI is InChI=1S/C18H31N2O9P/c1-6-17(3,29-30(26,27)18(4,25)7-2)8-11-12(21)13(22)14(28-11)10-9-20(5)16(24)19-15(10)23/h9,11-14,21-22,25H,6-8H2,1-5H3,(H,26,27)(H,19,23,24)/t11-,12-,13-,14+,17?,18-/m1/s1. The highest BCUT2D eigenvalue weighted by atomic mass is 31.2. The van der Waals surface area contributed by atoms with E-state index in [0.717, 1.165) is 4.57 Å². The predicted octanol–water partition coefficient (Wildman–Crippen LogP) is 0.115. The Hall–Kier alpha value is -1.33. The highest BCUT2D eigenvalue weighted by Gasteiger charge is 2.50. The number of aromatic amines is 1. The van der Waals surface area contributed by atoms with E-state index < -0.39 is 54.2 Å². The molecule has 7 atom stereocenters.